The largest absolute Gasteiger partial charge is 0.393 e. The van der Waals surface area contributed by atoms with Crippen molar-refractivity contribution in [2.45, 2.75) is 51.6 Å². The predicted molar refractivity (Wildman–Crippen MR) is 93.6 cm³/mol. The summed E-state index contributed by atoms with van der Waals surface area (Å²) in [6, 6.07) is 0. The average Bonchev–Trinajstić information content (AvgIpc) is 2.94. The number of amides is 1. The van der Waals surface area contributed by atoms with E-state index >= 15 is 0 Å². The summed E-state index contributed by atoms with van der Waals surface area (Å²) in [7, 11) is 0. The van der Waals surface area contributed by atoms with Crippen molar-refractivity contribution in [2.75, 3.05) is 6.54 Å². The van der Waals surface area contributed by atoms with E-state index in [9.17, 15) is 14.7 Å². The molecule has 2 aromatic rings. The standard InChI is InChI=1S/C17H23N3O3S/c1-11-10-20-16(23)13(9-19-17(20)24-11)15(22)18-8-4-6-12-5-2-3-7-14(12)21/h9-10,12,14,21H,2-8H2,1H3,(H,18,22). The number of aromatic nitrogens is 2. The third-order valence-corrected chi connectivity index (χ3v) is 5.59. The maximum absolute atomic E-state index is 12.3. The lowest BCUT2D eigenvalue weighted by Crippen LogP contribution is -2.32. The average molecular weight is 349 g/mol. The number of carbonyl (C=O) groups is 1. The Morgan fingerprint density at radius 3 is 3.04 bits per heavy atom. The van der Waals surface area contributed by atoms with Crippen molar-refractivity contribution in [2.24, 2.45) is 5.92 Å². The Balaban J connectivity index is 1.55. The molecule has 2 heterocycles. The highest BCUT2D eigenvalue weighted by Crippen LogP contribution is 2.27. The molecular weight excluding hydrogens is 326 g/mol. The van der Waals surface area contributed by atoms with Gasteiger partial charge in [-0.15, -0.1) is 11.3 Å². The van der Waals surface area contributed by atoms with Crippen molar-refractivity contribution in [3.8, 4) is 0 Å². The summed E-state index contributed by atoms with van der Waals surface area (Å²) in [5.41, 5.74) is -0.257. The van der Waals surface area contributed by atoms with E-state index in [1.165, 1.54) is 28.4 Å². The van der Waals surface area contributed by atoms with E-state index in [-0.39, 0.29) is 23.1 Å². The van der Waals surface area contributed by atoms with Crippen LogP contribution in [-0.4, -0.2) is 33.0 Å². The molecule has 7 heteroatoms. The lowest BCUT2D eigenvalue weighted by atomic mass is 9.83. The molecule has 2 atom stereocenters. The van der Waals surface area contributed by atoms with E-state index in [1.807, 2.05) is 6.92 Å². The molecule has 2 N–H and O–H groups in total. The minimum Gasteiger partial charge on any atom is -0.393 e. The van der Waals surface area contributed by atoms with Crippen LogP contribution in [0.25, 0.3) is 4.96 Å². The molecule has 1 saturated carbocycles. The number of hydrogen-bond acceptors (Lipinski definition) is 5. The fraction of sp³-hybridized carbons (Fsp3) is 0.588. The first-order valence-electron chi connectivity index (χ1n) is 8.50. The van der Waals surface area contributed by atoms with Gasteiger partial charge in [-0.25, -0.2) is 4.98 Å². The van der Waals surface area contributed by atoms with Crippen molar-refractivity contribution in [3.05, 3.63) is 33.2 Å². The summed E-state index contributed by atoms with van der Waals surface area (Å²) in [4.78, 5) is 30.3. The minimum absolute atomic E-state index is 0.0722. The van der Waals surface area contributed by atoms with Gasteiger partial charge in [0.2, 0.25) is 0 Å². The van der Waals surface area contributed by atoms with Crippen molar-refractivity contribution in [3.63, 3.8) is 0 Å². The molecule has 1 aliphatic carbocycles. The zero-order valence-corrected chi connectivity index (χ0v) is 14.6. The van der Waals surface area contributed by atoms with Crippen LogP contribution in [0.4, 0.5) is 0 Å². The number of carbonyl (C=O) groups excluding carboxylic acids is 1. The summed E-state index contributed by atoms with van der Waals surface area (Å²) < 4.78 is 1.42. The van der Waals surface area contributed by atoms with E-state index in [0.29, 0.717) is 17.4 Å². The topological polar surface area (TPSA) is 83.7 Å². The Bertz CT molecular complexity index is 783. The highest BCUT2D eigenvalue weighted by molar-refractivity contribution is 7.16. The normalized spacial score (nSPS) is 21.1. The number of hydrogen-bond donors (Lipinski definition) is 2. The third kappa shape index (κ3) is 3.67. The first kappa shape index (κ1) is 17.1. The summed E-state index contributed by atoms with van der Waals surface area (Å²) in [6.45, 7) is 2.41. The Hall–Kier alpha value is -1.73. The lowest BCUT2D eigenvalue weighted by Gasteiger charge is -2.27. The van der Waals surface area contributed by atoms with Crippen LogP contribution < -0.4 is 10.9 Å². The Morgan fingerprint density at radius 2 is 2.25 bits per heavy atom. The molecule has 0 saturated heterocycles. The second kappa shape index (κ2) is 7.44. The number of nitrogens with zero attached hydrogens (tertiary/aromatic N) is 2. The summed E-state index contributed by atoms with van der Waals surface area (Å²) >= 11 is 1.42. The summed E-state index contributed by atoms with van der Waals surface area (Å²) in [5.74, 6) is -0.0389. The third-order valence-electron chi connectivity index (χ3n) is 4.67. The van der Waals surface area contributed by atoms with E-state index in [0.717, 1.165) is 37.0 Å². The molecule has 1 fully saturated rings. The number of aliphatic hydroxyl groups excluding tert-OH is 1. The van der Waals surface area contributed by atoms with E-state index in [1.54, 1.807) is 6.20 Å². The van der Waals surface area contributed by atoms with Crippen LogP contribution in [0.15, 0.2) is 17.2 Å². The number of aliphatic hydroxyl groups is 1. The molecule has 1 amide bonds. The van der Waals surface area contributed by atoms with Crippen LogP contribution >= 0.6 is 11.3 Å². The molecule has 130 valence electrons. The number of aryl methyl sites for hydroxylation is 1. The molecule has 0 bridgehead atoms. The van der Waals surface area contributed by atoms with Gasteiger partial charge in [0.15, 0.2) is 4.96 Å². The van der Waals surface area contributed by atoms with Gasteiger partial charge < -0.3 is 10.4 Å². The maximum atomic E-state index is 12.3. The molecular formula is C17H23N3O3S. The van der Waals surface area contributed by atoms with Gasteiger partial charge in [0, 0.05) is 23.8 Å². The Kier molecular flexibility index (Phi) is 5.30. The van der Waals surface area contributed by atoms with Gasteiger partial charge >= 0.3 is 0 Å². The zero-order chi connectivity index (χ0) is 17.1. The molecule has 1 aliphatic rings. The predicted octanol–water partition coefficient (Wildman–Crippen LogP) is 2.13. The van der Waals surface area contributed by atoms with Gasteiger partial charge in [-0.2, -0.15) is 0 Å². The van der Waals surface area contributed by atoms with Crippen LogP contribution in [0.1, 0.15) is 53.8 Å². The minimum atomic E-state index is -0.380. The first-order chi connectivity index (χ1) is 11.6. The van der Waals surface area contributed by atoms with Gasteiger partial charge in [-0.3, -0.25) is 14.0 Å². The van der Waals surface area contributed by atoms with Crippen molar-refractivity contribution < 1.29 is 9.90 Å². The Labute approximate surface area is 144 Å². The van der Waals surface area contributed by atoms with Gasteiger partial charge in [-0.05, 0) is 38.5 Å². The first-order valence-corrected chi connectivity index (χ1v) is 9.32. The fourth-order valence-corrected chi connectivity index (χ4v) is 4.12. The maximum Gasteiger partial charge on any atom is 0.271 e. The van der Waals surface area contributed by atoms with Crippen LogP contribution in [0.2, 0.25) is 0 Å². The van der Waals surface area contributed by atoms with E-state index in [4.69, 9.17) is 0 Å². The quantitative estimate of drug-likeness (QED) is 0.810. The summed E-state index contributed by atoms with van der Waals surface area (Å²) in [5, 5.41) is 12.8. The molecule has 6 nitrogen and oxygen atoms in total. The SMILES string of the molecule is Cc1cn2c(=O)c(C(=O)NCCCC3CCCCC3O)cnc2s1. The van der Waals surface area contributed by atoms with Crippen molar-refractivity contribution in [1.82, 2.24) is 14.7 Å². The molecule has 24 heavy (non-hydrogen) atoms. The highest BCUT2D eigenvalue weighted by Gasteiger charge is 2.22. The fourth-order valence-electron chi connectivity index (χ4n) is 3.34. The van der Waals surface area contributed by atoms with Crippen LogP contribution in [-0.2, 0) is 0 Å². The Morgan fingerprint density at radius 1 is 1.46 bits per heavy atom. The number of thiazole rings is 1. The van der Waals surface area contributed by atoms with Crippen LogP contribution in [0, 0.1) is 12.8 Å². The van der Waals surface area contributed by atoms with Crippen LogP contribution in [0.5, 0.6) is 0 Å². The van der Waals surface area contributed by atoms with Gasteiger partial charge in [0.25, 0.3) is 11.5 Å². The molecule has 2 unspecified atom stereocenters. The van der Waals surface area contributed by atoms with Crippen molar-refractivity contribution >= 4 is 22.2 Å². The molecule has 3 rings (SSSR count). The van der Waals surface area contributed by atoms with Gasteiger partial charge in [-0.1, -0.05) is 12.8 Å². The monoisotopic (exact) mass is 349 g/mol. The lowest BCUT2D eigenvalue weighted by molar-refractivity contribution is 0.0641. The number of fused-ring (bicyclic) bond motifs is 1. The molecule has 0 aliphatic heterocycles. The van der Waals surface area contributed by atoms with Gasteiger partial charge in [0.05, 0.1) is 6.10 Å². The van der Waals surface area contributed by atoms with Crippen LogP contribution in [0.3, 0.4) is 0 Å². The smallest absolute Gasteiger partial charge is 0.271 e. The van der Waals surface area contributed by atoms with Gasteiger partial charge in [0.1, 0.15) is 5.56 Å². The number of rotatable bonds is 5. The molecule has 2 aromatic heterocycles. The second-order valence-electron chi connectivity index (χ2n) is 6.48. The van der Waals surface area contributed by atoms with E-state index in [2.05, 4.69) is 10.3 Å². The number of nitrogens with one attached hydrogen (secondary N) is 1. The van der Waals surface area contributed by atoms with E-state index < -0.39 is 0 Å². The molecule has 0 aromatic carbocycles. The second-order valence-corrected chi connectivity index (χ2v) is 7.69. The van der Waals surface area contributed by atoms with Crippen molar-refractivity contribution in [1.29, 1.82) is 0 Å². The molecule has 0 spiro atoms. The highest BCUT2D eigenvalue weighted by atomic mass is 32.1. The molecule has 0 radical (unpaired) electrons. The summed E-state index contributed by atoms with van der Waals surface area (Å²) in [6.07, 6.45) is 8.81. The zero-order valence-electron chi connectivity index (χ0n) is 13.8.